The molecule has 2 aromatic carbocycles. The minimum atomic E-state index is -3.79. The molecule has 1 aliphatic rings. The van der Waals surface area contributed by atoms with Gasteiger partial charge in [-0.3, -0.25) is 10.1 Å². The highest BCUT2D eigenvalue weighted by atomic mass is 32.2. The molecule has 1 fully saturated rings. The zero-order valence-electron chi connectivity index (χ0n) is 16.8. The second-order valence-electron chi connectivity index (χ2n) is 7.16. The van der Waals surface area contributed by atoms with Crippen molar-refractivity contribution >= 4 is 27.5 Å². The Morgan fingerprint density at radius 1 is 1.10 bits per heavy atom. The lowest BCUT2D eigenvalue weighted by atomic mass is 10.2. The van der Waals surface area contributed by atoms with Gasteiger partial charge in [0.1, 0.15) is 0 Å². The predicted molar refractivity (Wildman–Crippen MR) is 117 cm³/mol. The van der Waals surface area contributed by atoms with E-state index in [2.05, 4.69) is 9.97 Å². The first-order chi connectivity index (χ1) is 14.8. The number of aromatic nitrogens is 2. The molecule has 0 bridgehead atoms. The monoisotopic (exact) mass is 459 g/mol. The van der Waals surface area contributed by atoms with Gasteiger partial charge in [-0.2, -0.15) is 4.31 Å². The summed E-state index contributed by atoms with van der Waals surface area (Å²) in [6, 6.07) is 13.6. The lowest BCUT2D eigenvalue weighted by Crippen LogP contribution is -2.47. The molecule has 4 rings (SSSR count). The van der Waals surface area contributed by atoms with Crippen molar-refractivity contribution in [2.75, 3.05) is 33.2 Å². The summed E-state index contributed by atoms with van der Waals surface area (Å²) in [6.07, 6.45) is 1.66. The van der Waals surface area contributed by atoms with Gasteiger partial charge in [-0.25, -0.2) is 13.4 Å². The van der Waals surface area contributed by atoms with Crippen molar-refractivity contribution in [3.05, 3.63) is 64.8 Å². The van der Waals surface area contributed by atoms with Crippen LogP contribution in [0.4, 0.5) is 5.69 Å². The van der Waals surface area contributed by atoms with Crippen LogP contribution in [0.1, 0.15) is 0 Å². The third-order valence-electron chi connectivity index (χ3n) is 5.07. The van der Waals surface area contributed by atoms with Gasteiger partial charge in [-0.05, 0) is 36.5 Å². The molecule has 11 heteroatoms. The molecule has 0 unspecified atom stereocenters. The van der Waals surface area contributed by atoms with Crippen LogP contribution in [0.5, 0.6) is 0 Å². The van der Waals surface area contributed by atoms with Crippen molar-refractivity contribution in [3.8, 4) is 11.3 Å². The van der Waals surface area contributed by atoms with Gasteiger partial charge in [0.25, 0.3) is 5.69 Å². The normalized spacial score (nSPS) is 15.8. The number of nitrogens with zero attached hydrogens (tertiary/aromatic N) is 4. The summed E-state index contributed by atoms with van der Waals surface area (Å²) in [7, 11) is -1.86. The van der Waals surface area contributed by atoms with Crippen LogP contribution in [0, 0.1) is 10.1 Å². The maximum atomic E-state index is 13.0. The molecule has 0 radical (unpaired) electrons. The van der Waals surface area contributed by atoms with Crippen molar-refractivity contribution in [2.45, 2.75) is 14.9 Å². The number of imidazole rings is 1. The number of H-pyrrole nitrogens is 1. The molecule has 1 aliphatic heterocycles. The van der Waals surface area contributed by atoms with Crippen molar-refractivity contribution in [1.82, 2.24) is 19.2 Å². The average Bonchev–Trinajstić information content (AvgIpc) is 3.23. The third-order valence-corrected chi connectivity index (χ3v) is 7.93. The molecular weight excluding hydrogens is 438 g/mol. The Morgan fingerprint density at radius 2 is 1.81 bits per heavy atom. The first kappa shape index (κ1) is 21.5. The van der Waals surface area contributed by atoms with E-state index in [9.17, 15) is 18.5 Å². The number of nitro benzene ring substituents is 1. The fourth-order valence-electron chi connectivity index (χ4n) is 3.29. The number of hydrogen-bond acceptors (Lipinski definition) is 7. The highest BCUT2D eigenvalue weighted by molar-refractivity contribution is 7.99. The minimum absolute atomic E-state index is 0.0717. The van der Waals surface area contributed by atoms with Crippen LogP contribution in [0.3, 0.4) is 0 Å². The number of likely N-dealkylation sites (N-methyl/N-ethyl adjacent to an activating group) is 1. The zero-order chi connectivity index (χ0) is 22.0. The summed E-state index contributed by atoms with van der Waals surface area (Å²) in [5, 5.41) is 12.2. The zero-order valence-corrected chi connectivity index (χ0v) is 18.4. The van der Waals surface area contributed by atoms with Crippen LogP contribution >= 0.6 is 11.8 Å². The van der Waals surface area contributed by atoms with Gasteiger partial charge in [-0.1, -0.05) is 30.3 Å². The molecule has 3 aromatic rings. The van der Waals surface area contributed by atoms with Crippen LogP contribution in [-0.2, 0) is 10.0 Å². The maximum absolute atomic E-state index is 13.0. The standard InChI is InChI=1S/C20H21N5O4S2/c1-23-9-11-24(12-10-23)31(28,29)16-7-8-19(18(13-16)25(26)27)30-20-21-14-17(22-20)15-5-3-2-4-6-15/h2-8,13-14H,9-12H2,1H3,(H,21,22). The van der Waals surface area contributed by atoms with Crippen molar-refractivity contribution in [1.29, 1.82) is 0 Å². The molecule has 0 spiro atoms. The topological polar surface area (TPSA) is 112 Å². The molecule has 1 aromatic heterocycles. The number of nitrogens with one attached hydrogen (secondary N) is 1. The molecule has 0 atom stereocenters. The maximum Gasteiger partial charge on any atom is 0.284 e. The number of benzene rings is 2. The molecule has 0 aliphatic carbocycles. The summed E-state index contributed by atoms with van der Waals surface area (Å²) < 4.78 is 27.3. The molecule has 1 N–H and O–H groups in total. The Hall–Kier alpha value is -2.73. The number of nitro groups is 1. The van der Waals surface area contributed by atoms with Crippen LogP contribution in [0.25, 0.3) is 11.3 Å². The first-order valence-corrected chi connectivity index (χ1v) is 11.9. The van der Waals surface area contributed by atoms with Crippen LogP contribution < -0.4 is 0 Å². The molecule has 2 heterocycles. The van der Waals surface area contributed by atoms with Gasteiger partial charge in [0.2, 0.25) is 10.0 Å². The summed E-state index contributed by atoms with van der Waals surface area (Å²) in [5.41, 5.74) is 1.47. The molecule has 162 valence electrons. The van der Waals surface area contributed by atoms with E-state index in [0.29, 0.717) is 36.2 Å². The number of sulfonamides is 1. The summed E-state index contributed by atoms with van der Waals surface area (Å²) in [4.78, 5) is 20.8. The average molecular weight is 460 g/mol. The van der Waals surface area contributed by atoms with Crippen molar-refractivity contribution in [2.24, 2.45) is 0 Å². The second-order valence-corrected chi connectivity index (χ2v) is 10.1. The van der Waals surface area contributed by atoms with E-state index in [1.54, 1.807) is 6.20 Å². The molecule has 9 nitrogen and oxygen atoms in total. The SMILES string of the molecule is CN1CCN(S(=O)(=O)c2ccc(Sc3ncc(-c4ccccc4)[nH]3)c([N+](=O)[O-])c2)CC1. The van der Waals surface area contributed by atoms with Gasteiger partial charge in [0, 0.05) is 32.2 Å². The van der Waals surface area contributed by atoms with Gasteiger partial charge in [0.15, 0.2) is 5.16 Å². The van der Waals surface area contributed by atoms with E-state index >= 15 is 0 Å². The van der Waals surface area contributed by atoms with Crippen LogP contribution in [-0.4, -0.2) is 65.7 Å². The number of aromatic amines is 1. The summed E-state index contributed by atoms with van der Waals surface area (Å²) in [5.74, 6) is 0. The predicted octanol–water partition coefficient (Wildman–Crippen LogP) is 3.07. The first-order valence-electron chi connectivity index (χ1n) is 9.60. The largest absolute Gasteiger partial charge is 0.333 e. The Labute approximate surface area is 184 Å². The van der Waals surface area contributed by atoms with E-state index in [1.165, 1.54) is 16.4 Å². The van der Waals surface area contributed by atoms with Gasteiger partial charge >= 0.3 is 0 Å². The minimum Gasteiger partial charge on any atom is -0.333 e. The van der Waals surface area contributed by atoms with Crippen LogP contribution in [0.15, 0.2) is 69.7 Å². The fraction of sp³-hybridized carbons (Fsp3) is 0.250. The van der Waals surface area contributed by atoms with Gasteiger partial charge in [0.05, 0.1) is 26.6 Å². The Bertz CT molecular complexity index is 1190. The van der Waals surface area contributed by atoms with Gasteiger partial charge < -0.3 is 9.88 Å². The van der Waals surface area contributed by atoms with E-state index in [-0.39, 0.29) is 10.6 Å². The number of hydrogen-bond donors (Lipinski definition) is 1. The Morgan fingerprint density at radius 3 is 2.48 bits per heavy atom. The fourth-order valence-corrected chi connectivity index (χ4v) is 5.58. The molecule has 0 amide bonds. The third kappa shape index (κ3) is 4.64. The molecule has 1 saturated heterocycles. The Kier molecular flexibility index (Phi) is 6.10. The molecular formula is C20H21N5O4S2. The summed E-state index contributed by atoms with van der Waals surface area (Å²) in [6.45, 7) is 1.96. The molecule has 0 saturated carbocycles. The van der Waals surface area contributed by atoms with E-state index < -0.39 is 14.9 Å². The highest BCUT2D eigenvalue weighted by Crippen LogP contribution is 2.36. The van der Waals surface area contributed by atoms with Gasteiger partial charge in [-0.15, -0.1) is 0 Å². The van der Waals surface area contributed by atoms with E-state index in [1.807, 2.05) is 42.3 Å². The smallest absolute Gasteiger partial charge is 0.284 e. The van der Waals surface area contributed by atoms with Crippen molar-refractivity contribution in [3.63, 3.8) is 0 Å². The van der Waals surface area contributed by atoms with E-state index in [4.69, 9.17) is 0 Å². The van der Waals surface area contributed by atoms with Crippen LogP contribution in [0.2, 0.25) is 0 Å². The summed E-state index contributed by atoms with van der Waals surface area (Å²) >= 11 is 1.09. The highest BCUT2D eigenvalue weighted by Gasteiger charge is 2.30. The quantitative estimate of drug-likeness (QED) is 0.445. The number of piperazine rings is 1. The number of rotatable bonds is 6. The second kappa shape index (κ2) is 8.79. The lowest BCUT2D eigenvalue weighted by Gasteiger charge is -2.31. The van der Waals surface area contributed by atoms with Crippen molar-refractivity contribution < 1.29 is 13.3 Å². The molecule has 31 heavy (non-hydrogen) atoms. The lowest BCUT2D eigenvalue weighted by molar-refractivity contribution is -0.388. The Balaban J connectivity index is 1.60. The van der Waals surface area contributed by atoms with E-state index in [0.717, 1.165) is 29.1 Å².